The number of phosphoric ester groups is 1. The van der Waals surface area contributed by atoms with Crippen molar-refractivity contribution in [2.24, 2.45) is 0 Å². The molecule has 0 aromatic rings. The molecule has 8 nitrogen and oxygen atoms in total. The van der Waals surface area contributed by atoms with E-state index in [-0.39, 0.29) is 0 Å². The van der Waals surface area contributed by atoms with E-state index in [0.29, 0.717) is 0 Å². The van der Waals surface area contributed by atoms with Crippen molar-refractivity contribution >= 4 is 7.82 Å². The number of aliphatic hydroxyl groups excluding tert-OH is 4. The van der Waals surface area contributed by atoms with Crippen LogP contribution < -0.4 is 0 Å². The van der Waals surface area contributed by atoms with E-state index in [0.717, 1.165) is 0 Å². The number of aliphatic hydroxyl groups is 4. The lowest BCUT2D eigenvalue weighted by molar-refractivity contribution is 0.0160. The summed E-state index contributed by atoms with van der Waals surface area (Å²) in [6.45, 7) is -2.36. The zero-order chi connectivity index (χ0) is 11.9. The summed E-state index contributed by atoms with van der Waals surface area (Å²) in [5.41, 5.74) is 0. The number of phosphoric acid groups is 1. The lowest BCUT2D eigenvalue weighted by Crippen LogP contribution is -2.21. The van der Waals surface area contributed by atoms with Gasteiger partial charge >= 0.3 is 7.82 Å². The highest BCUT2D eigenvalue weighted by molar-refractivity contribution is 7.47. The van der Waals surface area contributed by atoms with E-state index in [1.165, 1.54) is 0 Å². The van der Waals surface area contributed by atoms with Crippen molar-refractivity contribution in [3.63, 3.8) is 0 Å². The van der Waals surface area contributed by atoms with Crippen LogP contribution in [-0.2, 0) is 13.6 Å². The Morgan fingerprint density at radius 1 is 1.00 bits per heavy atom. The third-order valence-corrected chi connectivity index (χ3v) is 2.23. The summed E-state index contributed by atoms with van der Waals surface area (Å²) in [6, 6.07) is 0. The first-order valence-corrected chi connectivity index (χ1v) is 5.60. The minimum Gasteiger partial charge on any atom is -0.394 e. The van der Waals surface area contributed by atoms with E-state index in [1.807, 2.05) is 0 Å². The number of hydrogen-bond donors (Lipinski definition) is 5. The zero-order valence-corrected chi connectivity index (χ0v) is 8.79. The first-order chi connectivity index (χ1) is 6.91. The van der Waals surface area contributed by atoms with Crippen LogP contribution >= 0.6 is 7.82 Å². The minimum absolute atomic E-state index is 0.570. The summed E-state index contributed by atoms with van der Waals surface area (Å²) in [7, 11) is -4.37. The van der Waals surface area contributed by atoms with Crippen LogP contribution in [0.2, 0.25) is 0 Å². The topological polar surface area (TPSA) is 137 Å². The zero-order valence-electron chi connectivity index (χ0n) is 7.89. The van der Waals surface area contributed by atoms with Crippen molar-refractivity contribution < 1.29 is 38.9 Å². The van der Waals surface area contributed by atoms with Gasteiger partial charge in [0, 0.05) is 0 Å². The van der Waals surface area contributed by atoms with E-state index in [9.17, 15) is 4.57 Å². The van der Waals surface area contributed by atoms with E-state index < -0.39 is 46.5 Å². The van der Waals surface area contributed by atoms with Crippen molar-refractivity contribution in [2.45, 2.75) is 12.2 Å². The molecule has 0 amide bonds. The van der Waals surface area contributed by atoms with Crippen molar-refractivity contribution in [2.75, 3.05) is 26.4 Å². The molecule has 2 unspecified atom stereocenters. The average molecular weight is 246 g/mol. The molecule has 0 aromatic heterocycles. The first kappa shape index (κ1) is 14.9. The van der Waals surface area contributed by atoms with Gasteiger partial charge in [0.05, 0.1) is 26.4 Å². The molecule has 0 fully saturated rings. The van der Waals surface area contributed by atoms with Gasteiger partial charge in [0.1, 0.15) is 12.2 Å². The summed E-state index contributed by atoms with van der Waals surface area (Å²) in [5.74, 6) is 0. The Hall–Kier alpha value is -0.0500. The minimum atomic E-state index is -4.37. The molecule has 0 rings (SSSR count). The summed E-state index contributed by atoms with van der Waals surface area (Å²) in [4.78, 5) is 8.93. The smallest absolute Gasteiger partial charge is 0.394 e. The molecule has 0 bridgehead atoms. The fourth-order valence-electron chi connectivity index (χ4n) is 0.503. The van der Waals surface area contributed by atoms with Crippen LogP contribution in [0.3, 0.4) is 0 Å². The lowest BCUT2D eigenvalue weighted by Gasteiger charge is -2.15. The fourth-order valence-corrected chi connectivity index (χ4v) is 1.30. The van der Waals surface area contributed by atoms with Gasteiger partial charge in [-0.05, 0) is 0 Å². The molecule has 9 heteroatoms. The normalized spacial score (nSPS) is 19.5. The molecule has 15 heavy (non-hydrogen) atoms. The molecule has 0 aliphatic heterocycles. The molecular weight excluding hydrogens is 231 g/mol. The second-order valence-corrected chi connectivity index (χ2v) is 4.19. The van der Waals surface area contributed by atoms with Gasteiger partial charge in [0.15, 0.2) is 0 Å². The molecular formula is C6H15O8P. The number of hydrogen-bond acceptors (Lipinski definition) is 7. The molecule has 5 N–H and O–H groups in total. The Morgan fingerprint density at radius 3 is 1.60 bits per heavy atom. The van der Waals surface area contributed by atoms with Crippen LogP contribution in [0.4, 0.5) is 0 Å². The number of rotatable bonds is 8. The molecule has 0 spiro atoms. The monoisotopic (exact) mass is 246 g/mol. The van der Waals surface area contributed by atoms with Crippen LogP contribution in [0.25, 0.3) is 0 Å². The highest BCUT2D eigenvalue weighted by atomic mass is 31.2. The molecule has 92 valence electrons. The van der Waals surface area contributed by atoms with Crippen LogP contribution in [-0.4, -0.2) is 64.0 Å². The van der Waals surface area contributed by atoms with Crippen LogP contribution in [0, 0.1) is 0 Å². The summed E-state index contributed by atoms with van der Waals surface area (Å²) < 4.78 is 19.5. The highest BCUT2D eigenvalue weighted by Crippen LogP contribution is 2.43. The van der Waals surface area contributed by atoms with Gasteiger partial charge in [-0.25, -0.2) is 4.57 Å². The van der Waals surface area contributed by atoms with Gasteiger partial charge in [-0.3, -0.25) is 9.05 Å². The van der Waals surface area contributed by atoms with E-state index >= 15 is 0 Å². The van der Waals surface area contributed by atoms with Crippen molar-refractivity contribution in [3.8, 4) is 0 Å². The van der Waals surface area contributed by atoms with Gasteiger partial charge in [-0.2, -0.15) is 0 Å². The third-order valence-electron chi connectivity index (χ3n) is 1.28. The average Bonchev–Trinajstić information content (AvgIpc) is 2.22. The molecule has 2 atom stereocenters. The van der Waals surface area contributed by atoms with Gasteiger partial charge in [0.2, 0.25) is 0 Å². The molecule has 0 aliphatic rings. The van der Waals surface area contributed by atoms with Crippen molar-refractivity contribution in [1.82, 2.24) is 0 Å². The quantitative estimate of drug-likeness (QED) is 0.305. The van der Waals surface area contributed by atoms with Gasteiger partial charge in [-0.1, -0.05) is 0 Å². The van der Waals surface area contributed by atoms with Gasteiger partial charge in [0.25, 0.3) is 0 Å². The highest BCUT2D eigenvalue weighted by Gasteiger charge is 2.23. The fraction of sp³-hybridized carbons (Fsp3) is 1.00. The molecule has 0 radical (unpaired) electrons. The third kappa shape index (κ3) is 7.83. The van der Waals surface area contributed by atoms with Gasteiger partial charge < -0.3 is 25.3 Å². The SMILES string of the molecule is O=P(O)(OCC(O)CO)OCC(O)CO. The Balaban J connectivity index is 3.81. The second-order valence-electron chi connectivity index (χ2n) is 2.73. The standard InChI is InChI=1S/C6H15O8P/c7-1-5(9)3-13-15(11,12)14-4-6(10)2-8/h5-10H,1-4H2,(H,11,12). The summed E-state index contributed by atoms with van der Waals surface area (Å²) >= 11 is 0. The van der Waals surface area contributed by atoms with Crippen LogP contribution in [0.5, 0.6) is 0 Å². The molecule has 0 aliphatic carbocycles. The second kappa shape index (κ2) is 7.26. The predicted molar refractivity (Wildman–Crippen MR) is 47.9 cm³/mol. The lowest BCUT2D eigenvalue weighted by atomic mass is 10.4. The van der Waals surface area contributed by atoms with Crippen molar-refractivity contribution in [3.05, 3.63) is 0 Å². The van der Waals surface area contributed by atoms with Gasteiger partial charge in [-0.15, -0.1) is 0 Å². The Morgan fingerprint density at radius 2 is 1.33 bits per heavy atom. The maximum Gasteiger partial charge on any atom is 0.472 e. The summed E-state index contributed by atoms with van der Waals surface area (Å²) in [6.07, 6.45) is -2.56. The molecule has 0 heterocycles. The molecule has 0 saturated carbocycles. The Bertz CT molecular complexity index is 191. The Labute approximate surface area is 86.3 Å². The van der Waals surface area contributed by atoms with E-state index in [1.54, 1.807) is 0 Å². The summed E-state index contributed by atoms with van der Waals surface area (Å²) in [5, 5.41) is 34.3. The van der Waals surface area contributed by atoms with E-state index in [2.05, 4.69) is 9.05 Å². The molecule has 0 saturated heterocycles. The predicted octanol–water partition coefficient (Wildman–Crippen LogP) is -2.17. The Kier molecular flexibility index (Phi) is 7.24. The maximum absolute atomic E-state index is 11.0. The van der Waals surface area contributed by atoms with Crippen LogP contribution in [0.15, 0.2) is 0 Å². The first-order valence-electron chi connectivity index (χ1n) is 4.11. The van der Waals surface area contributed by atoms with Crippen LogP contribution in [0.1, 0.15) is 0 Å². The van der Waals surface area contributed by atoms with Crippen molar-refractivity contribution in [1.29, 1.82) is 0 Å². The maximum atomic E-state index is 11.0. The van der Waals surface area contributed by atoms with E-state index in [4.69, 9.17) is 25.3 Å². The molecule has 0 aromatic carbocycles. The largest absolute Gasteiger partial charge is 0.472 e.